The molecule has 0 bridgehead atoms. The van der Waals surface area contributed by atoms with Crippen molar-refractivity contribution in [2.45, 2.75) is 20.5 Å². The van der Waals surface area contributed by atoms with Gasteiger partial charge in [-0.3, -0.25) is 4.79 Å². The number of methoxy groups -OCH3 is 1. The standard InChI is InChI=1S/C23H25NO3/c1-4-24(5-2)23(25)19-11-13-22(26-3)20(14-19)16-27-21-12-10-17-8-6-7-9-18(17)15-21/h6-15H,4-5,16H2,1-3H3. The molecule has 0 saturated carbocycles. The van der Waals surface area contributed by atoms with E-state index >= 15 is 0 Å². The van der Waals surface area contributed by atoms with Gasteiger partial charge in [0.05, 0.1) is 7.11 Å². The zero-order valence-corrected chi connectivity index (χ0v) is 16.1. The predicted molar refractivity (Wildman–Crippen MR) is 109 cm³/mol. The fourth-order valence-electron chi connectivity index (χ4n) is 3.14. The molecule has 0 saturated heterocycles. The van der Waals surface area contributed by atoms with E-state index in [1.54, 1.807) is 18.1 Å². The Morgan fingerprint density at radius 3 is 2.37 bits per heavy atom. The van der Waals surface area contributed by atoms with Crippen molar-refractivity contribution < 1.29 is 14.3 Å². The molecule has 3 aromatic carbocycles. The Balaban J connectivity index is 1.81. The van der Waals surface area contributed by atoms with E-state index in [0.717, 1.165) is 16.7 Å². The number of ether oxygens (including phenoxy) is 2. The summed E-state index contributed by atoms with van der Waals surface area (Å²) in [6, 6.07) is 19.7. The highest BCUT2D eigenvalue weighted by molar-refractivity contribution is 5.94. The molecule has 4 nitrogen and oxygen atoms in total. The van der Waals surface area contributed by atoms with Gasteiger partial charge in [-0.15, -0.1) is 0 Å². The average molecular weight is 363 g/mol. The molecule has 0 radical (unpaired) electrons. The van der Waals surface area contributed by atoms with Crippen molar-refractivity contribution in [3.05, 3.63) is 71.8 Å². The molecule has 3 aromatic rings. The van der Waals surface area contributed by atoms with Crippen LogP contribution in [0, 0.1) is 0 Å². The van der Waals surface area contributed by atoms with Gasteiger partial charge in [0.15, 0.2) is 0 Å². The lowest BCUT2D eigenvalue weighted by Crippen LogP contribution is -2.30. The number of rotatable bonds is 7. The van der Waals surface area contributed by atoms with E-state index in [-0.39, 0.29) is 5.91 Å². The normalized spacial score (nSPS) is 10.6. The number of nitrogens with zero attached hydrogens (tertiary/aromatic N) is 1. The second kappa shape index (κ2) is 8.58. The van der Waals surface area contributed by atoms with Crippen LogP contribution in [0.15, 0.2) is 60.7 Å². The Kier molecular flexibility index (Phi) is 5.97. The van der Waals surface area contributed by atoms with Crippen LogP contribution >= 0.6 is 0 Å². The maximum absolute atomic E-state index is 12.6. The van der Waals surface area contributed by atoms with Gasteiger partial charge >= 0.3 is 0 Å². The molecule has 0 aromatic heterocycles. The Hall–Kier alpha value is -3.01. The SMILES string of the molecule is CCN(CC)C(=O)c1ccc(OC)c(COc2ccc3ccccc3c2)c1. The van der Waals surface area contributed by atoms with Gasteiger partial charge in [0.2, 0.25) is 0 Å². The first kappa shape index (κ1) is 18.8. The van der Waals surface area contributed by atoms with E-state index in [2.05, 4.69) is 12.1 Å². The third-order valence-electron chi connectivity index (χ3n) is 4.69. The molecule has 27 heavy (non-hydrogen) atoms. The van der Waals surface area contributed by atoms with Crippen LogP contribution in [0.4, 0.5) is 0 Å². The summed E-state index contributed by atoms with van der Waals surface area (Å²) in [5.41, 5.74) is 1.50. The number of amides is 1. The molecule has 0 atom stereocenters. The third kappa shape index (κ3) is 4.22. The molecule has 0 aliphatic heterocycles. The van der Waals surface area contributed by atoms with Crippen molar-refractivity contribution in [1.82, 2.24) is 4.90 Å². The quantitative estimate of drug-likeness (QED) is 0.599. The van der Waals surface area contributed by atoms with Crippen molar-refractivity contribution in [2.24, 2.45) is 0 Å². The van der Waals surface area contributed by atoms with Gasteiger partial charge in [-0.05, 0) is 55.0 Å². The van der Waals surface area contributed by atoms with Gasteiger partial charge in [0.25, 0.3) is 5.91 Å². The van der Waals surface area contributed by atoms with E-state index < -0.39 is 0 Å². The lowest BCUT2D eigenvalue weighted by atomic mass is 10.1. The maximum Gasteiger partial charge on any atom is 0.253 e. The smallest absolute Gasteiger partial charge is 0.253 e. The van der Waals surface area contributed by atoms with E-state index in [1.165, 1.54) is 5.39 Å². The van der Waals surface area contributed by atoms with Gasteiger partial charge in [0, 0.05) is 24.2 Å². The lowest BCUT2D eigenvalue weighted by molar-refractivity contribution is 0.0772. The van der Waals surface area contributed by atoms with Crippen LogP contribution < -0.4 is 9.47 Å². The Labute approximate surface area is 160 Å². The summed E-state index contributed by atoms with van der Waals surface area (Å²) >= 11 is 0. The van der Waals surface area contributed by atoms with Crippen LogP contribution in [0.3, 0.4) is 0 Å². The topological polar surface area (TPSA) is 38.8 Å². The summed E-state index contributed by atoms with van der Waals surface area (Å²) in [7, 11) is 1.63. The molecule has 1 amide bonds. The minimum atomic E-state index is 0.0228. The van der Waals surface area contributed by atoms with Crippen molar-refractivity contribution in [2.75, 3.05) is 20.2 Å². The zero-order chi connectivity index (χ0) is 19.2. The highest BCUT2D eigenvalue weighted by Crippen LogP contribution is 2.25. The first-order valence-corrected chi connectivity index (χ1v) is 9.24. The monoisotopic (exact) mass is 363 g/mol. The molecule has 0 unspecified atom stereocenters. The van der Waals surface area contributed by atoms with E-state index in [9.17, 15) is 4.79 Å². The van der Waals surface area contributed by atoms with Crippen molar-refractivity contribution >= 4 is 16.7 Å². The lowest BCUT2D eigenvalue weighted by Gasteiger charge is -2.19. The van der Waals surface area contributed by atoms with E-state index in [1.807, 2.05) is 56.3 Å². The number of carbonyl (C=O) groups excluding carboxylic acids is 1. The third-order valence-corrected chi connectivity index (χ3v) is 4.69. The number of hydrogen-bond acceptors (Lipinski definition) is 3. The maximum atomic E-state index is 12.6. The molecule has 3 rings (SSSR count). The molecule has 0 fully saturated rings. The number of carbonyl (C=O) groups is 1. The molecule has 0 N–H and O–H groups in total. The van der Waals surface area contributed by atoms with Gasteiger partial charge in [-0.2, -0.15) is 0 Å². The number of fused-ring (bicyclic) bond motifs is 1. The van der Waals surface area contributed by atoms with Crippen molar-refractivity contribution in [1.29, 1.82) is 0 Å². The summed E-state index contributed by atoms with van der Waals surface area (Å²) in [5, 5.41) is 2.31. The zero-order valence-electron chi connectivity index (χ0n) is 16.1. The van der Waals surface area contributed by atoms with Gasteiger partial charge in [0.1, 0.15) is 18.1 Å². The van der Waals surface area contributed by atoms with Gasteiger partial charge in [-0.1, -0.05) is 30.3 Å². The van der Waals surface area contributed by atoms with Crippen molar-refractivity contribution in [3.63, 3.8) is 0 Å². The Morgan fingerprint density at radius 1 is 0.926 bits per heavy atom. The van der Waals surface area contributed by atoms with Crippen LogP contribution in [-0.4, -0.2) is 31.0 Å². The van der Waals surface area contributed by atoms with Crippen LogP contribution in [0.1, 0.15) is 29.8 Å². The van der Waals surface area contributed by atoms with Gasteiger partial charge < -0.3 is 14.4 Å². The summed E-state index contributed by atoms with van der Waals surface area (Å²) in [5.74, 6) is 1.53. The number of benzene rings is 3. The minimum Gasteiger partial charge on any atom is -0.496 e. The average Bonchev–Trinajstić information content (AvgIpc) is 2.72. The summed E-state index contributed by atoms with van der Waals surface area (Å²) < 4.78 is 11.4. The highest BCUT2D eigenvalue weighted by atomic mass is 16.5. The number of hydrogen-bond donors (Lipinski definition) is 0. The molecule has 140 valence electrons. The minimum absolute atomic E-state index is 0.0228. The first-order chi connectivity index (χ1) is 13.2. The molecule has 0 aliphatic carbocycles. The second-order valence-electron chi connectivity index (χ2n) is 6.30. The molecular formula is C23H25NO3. The molecular weight excluding hydrogens is 338 g/mol. The Morgan fingerprint density at radius 2 is 1.67 bits per heavy atom. The van der Waals surface area contributed by atoms with Crippen molar-refractivity contribution in [3.8, 4) is 11.5 Å². The van der Waals surface area contributed by atoms with E-state index in [0.29, 0.717) is 31.0 Å². The van der Waals surface area contributed by atoms with Crippen LogP contribution in [-0.2, 0) is 6.61 Å². The fourth-order valence-corrected chi connectivity index (χ4v) is 3.14. The van der Waals surface area contributed by atoms with Gasteiger partial charge in [-0.25, -0.2) is 0 Å². The highest BCUT2D eigenvalue weighted by Gasteiger charge is 2.15. The second-order valence-corrected chi connectivity index (χ2v) is 6.30. The summed E-state index contributed by atoms with van der Waals surface area (Å²) in [6.45, 7) is 5.67. The predicted octanol–water partition coefficient (Wildman–Crippen LogP) is 4.91. The molecule has 0 aliphatic rings. The van der Waals surface area contributed by atoms with Crippen LogP contribution in [0.25, 0.3) is 10.8 Å². The molecule has 0 spiro atoms. The first-order valence-electron chi connectivity index (χ1n) is 9.24. The van der Waals surface area contributed by atoms with E-state index in [4.69, 9.17) is 9.47 Å². The fraction of sp³-hybridized carbons (Fsp3) is 0.261. The van der Waals surface area contributed by atoms with Crippen LogP contribution in [0.2, 0.25) is 0 Å². The van der Waals surface area contributed by atoms with Crippen LogP contribution in [0.5, 0.6) is 11.5 Å². The molecule has 4 heteroatoms. The summed E-state index contributed by atoms with van der Waals surface area (Å²) in [4.78, 5) is 14.4. The molecule has 0 heterocycles. The Bertz CT molecular complexity index is 932. The summed E-state index contributed by atoms with van der Waals surface area (Å²) in [6.07, 6.45) is 0. The largest absolute Gasteiger partial charge is 0.496 e.